The molecule has 0 atom stereocenters. The second-order valence-electron chi connectivity index (χ2n) is 0.781. The summed E-state index contributed by atoms with van der Waals surface area (Å²) in [4.78, 5) is 0. The number of hydrogen-bond donors (Lipinski definition) is 0. The molecule has 0 aliphatic carbocycles. The van der Waals surface area contributed by atoms with Crippen LogP contribution in [-0.2, 0) is 4.74 Å². The number of ether oxygens (including phenoxy) is 1. The van der Waals surface area contributed by atoms with Crippen LogP contribution < -0.4 is 0 Å². The molecule has 2 heteroatoms. The normalized spacial score (nSPS) is 7.00. The monoisotopic (exact) mass is 286 g/mol. The summed E-state index contributed by atoms with van der Waals surface area (Å²) in [6, 6.07) is 0. The van der Waals surface area contributed by atoms with Crippen LogP contribution in [0.5, 0.6) is 0 Å². The third-order valence-electron chi connectivity index (χ3n) is 0.408. The van der Waals surface area contributed by atoms with Gasteiger partial charge in [-0.3, -0.25) is 0 Å². The van der Waals surface area contributed by atoms with Gasteiger partial charge in [-0.05, 0) is 13.8 Å². The Morgan fingerprint density at radius 2 is 1.50 bits per heavy atom. The molecule has 0 aromatic heterocycles. The van der Waals surface area contributed by atoms with Crippen LogP contribution in [0.3, 0.4) is 0 Å². The Morgan fingerprint density at radius 1 is 1.17 bits per heavy atom. The summed E-state index contributed by atoms with van der Waals surface area (Å²) in [7, 11) is 0. The maximum absolute atomic E-state index is 4.83. The first kappa shape index (κ1) is 9.99. The van der Waals surface area contributed by atoms with Crippen LogP contribution >= 0.6 is 0 Å². The maximum atomic E-state index is 4.83. The van der Waals surface area contributed by atoms with E-state index in [1.54, 1.807) is 0 Å². The van der Waals surface area contributed by atoms with E-state index in [0.29, 0.717) is 0 Å². The molecule has 0 radical (unpaired) electrons. The first-order valence-corrected chi connectivity index (χ1v) is 1.99. The van der Waals surface area contributed by atoms with Gasteiger partial charge in [0.25, 0.3) is 0 Å². The Balaban J connectivity index is 0. The predicted molar refractivity (Wildman–Crippen MR) is 33.5 cm³/mol. The van der Waals surface area contributed by atoms with E-state index >= 15 is 0 Å². The van der Waals surface area contributed by atoms with E-state index in [1.807, 2.05) is 13.8 Å². The van der Waals surface area contributed by atoms with Gasteiger partial charge >= 0.3 is 27.3 Å². The molecule has 1 nitrogen and oxygen atoms in total. The SMILES string of the molecule is CCOCC.[PbH4]. The van der Waals surface area contributed by atoms with E-state index in [9.17, 15) is 0 Å². The summed E-state index contributed by atoms with van der Waals surface area (Å²) < 4.78 is 4.83. The molecule has 0 aromatic rings. The number of hydrogen-bond acceptors (Lipinski definition) is 1. The third kappa shape index (κ3) is 8.86. The van der Waals surface area contributed by atoms with Crippen LogP contribution in [0.1, 0.15) is 13.8 Å². The molecule has 6 heavy (non-hydrogen) atoms. The van der Waals surface area contributed by atoms with E-state index in [-0.39, 0.29) is 27.3 Å². The van der Waals surface area contributed by atoms with Crippen molar-refractivity contribution in [3.63, 3.8) is 0 Å². The molecule has 0 aliphatic heterocycles. The molecule has 0 rings (SSSR count). The van der Waals surface area contributed by atoms with Crippen LogP contribution in [-0.4, -0.2) is 40.5 Å². The van der Waals surface area contributed by atoms with Gasteiger partial charge in [-0.25, -0.2) is 0 Å². The summed E-state index contributed by atoms with van der Waals surface area (Å²) in [5, 5.41) is 0. The molecule has 0 fully saturated rings. The molecule has 0 bridgehead atoms. The number of rotatable bonds is 2. The van der Waals surface area contributed by atoms with E-state index in [4.69, 9.17) is 4.74 Å². The van der Waals surface area contributed by atoms with Gasteiger partial charge in [-0.2, -0.15) is 0 Å². The van der Waals surface area contributed by atoms with Crippen molar-refractivity contribution in [1.29, 1.82) is 0 Å². The summed E-state index contributed by atoms with van der Waals surface area (Å²) >= 11 is 0. The fraction of sp³-hybridized carbons (Fsp3) is 1.00. The van der Waals surface area contributed by atoms with Crippen molar-refractivity contribution < 1.29 is 4.74 Å². The Hall–Kier alpha value is 0.882. The van der Waals surface area contributed by atoms with Gasteiger partial charge in [-0.15, -0.1) is 0 Å². The van der Waals surface area contributed by atoms with Gasteiger partial charge in [0, 0.05) is 13.2 Å². The van der Waals surface area contributed by atoms with Crippen LogP contribution in [0, 0.1) is 0 Å². The van der Waals surface area contributed by atoms with Crippen LogP contribution in [0.15, 0.2) is 0 Å². The van der Waals surface area contributed by atoms with E-state index in [2.05, 4.69) is 0 Å². The molecule has 0 heterocycles. The van der Waals surface area contributed by atoms with Crippen molar-refractivity contribution in [3.05, 3.63) is 0 Å². The van der Waals surface area contributed by atoms with E-state index in [0.717, 1.165) is 13.2 Å². The first-order chi connectivity index (χ1) is 2.41. The Labute approximate surface area is 59.2 Å². The van der Waals surface area contributed by atoms with Crippen molar-refractivity contribution in [3.8, 4) is 0 Å². The summed E-state index contributed by atoms with van der Waals surface area (Å²) in [6.07, 6.45) is 0. The topological polar surface area (TPSA) is 9.23 Å². The summed E-state index contributed by atoms with van der Waals surface area (Å²) in [5.74, 6) is 0. The fourth-order valence-corrected chi connectivity index (χ4v) is 0.204. The molecule has 0 saturated carbocycles. The minimum absolute atomic E-state index is 0. The fourth-order valence-electron chi connectivity index (χ4n) is 0.204. The van der Waals surface area contributed by atoms with Crippen molar-refractivity contribution >= 4 is 27.3 Å². The molecule has 0 aliphatic rings. The summed E-state index contributed by atoms with van der Waals surface area (Å²) in [5.41, 5.74) is 0. The molecule has 0 spiro atoms. The predicted octanol–water partition coefficient (Wildman–Crippen LogP) is -0.409. The van der Waals surface area contributed by atoms with Crippen molar-refractivity contribution in [2.75, 3.05) is 13.2 Å². The van der Waals surface area contributed by atoms with Gasteiger partial charge in [-0.1, -0.05) is 0 Å². The quantitative estimate of drug-likeness (QED) is 0.627. The molecule has 0 N–H and O–H groups in total. The Kier molecular flexibility index (Phi) is 15.5. The molecule has 0 amide bonds. The van der Waals surface area contributed by atoms with Crippen LogP contribution in [0.25, 0.3) is 0 Å². The minimum atomic E-state index is 0. The van der Waals surface area contributed by atoms with Crippen LogP contribution in [0.4, 0.5) is 0 Å². The zero-order valence-electron chi connectivity index (χ0n) is 3.82. The molecule has 0 aromatic carbocycles. The molecule has 0 saturated heterocycles. The average molecular weight is 285 g/mol. The van der Waals surface area contributed by atoms with Gasteiger partial charge in [0.2, 0.25) is 0 Å². The van der Waals surface area contributed by atoms with Gasteiger partial charge < -0.3 is 4.74 Å². The Morgan fingerprint density at radius 3 is 1.50 bits per heavy atom. The zero-order valence-corrected chi connectivity index (χ0v) is 3.82. The van der Waals surface area contributed by atoms with Crippen molar-refractivity contribution in [2.24, 2.45) is 0 Å². The molecule has 40 valence electrons. The van der Waals surface area contributed by atoms with Gasteiger partial charge in [0.05, 0.1) is 0 Å². The zero-order chi connectivity index (χ0) is 4.12. The van der Waals surface area contributed by atoms with Crippen LogP contribution in [0.2, 0.25) is 0 Å². The molecule has 0 unspecified atom stereocenters. The van der Waals surface area contributed by atoms with E-state index in [1.165, 1.54) is 0 Å². The van der Waals surface area contributed by atoms with Crippen molar-refractivity contribution in [2.45, 2.75) is 13.8 Å². The third-order valence-corrected chi connectivity index (χ3v) is 0.408. The van der Waals surface area contributed by atoms with Crippen molar-refractivity contribution in [1.82, 2.24) is 0 Å². The average Bonchev–Trinajstić information content (AvgIpc) is 1.41. The standard InChI is InChI=1S/C4H10O.Pb.4H/c1-3-5-4-2;;;;;/h3-4H2,1-2H3;;;;;. The molecular formula is C4H14OPb. The molecular weight excluding hydrogens is 271 g/mol. The van der Waals surface area contributed by atoms with E-state index < -0.39 is 0 Å². The van der Waals surface area contributed by atoms with Gasteiger partial charge in [0.1, 0.15) is 0 Å². The van der Waals surface area contributed by atoms with Gasteiger partial charge in [0.15, 0.2) is 0 Å². The summed E-state index contributed by atoms with van der Waals surface area (Å²) in [6.45, 7) is 5.67. The first-order valence-electron chi connectivity index (χ1n) is 1.99. The second kappa shape index (κ2) is 9.30. The Bertz CT molecular complexity index is 15.0. The second-order valence-corrected chi connectivity index (χ2v) is 0.781.